The summed E-state index contributed by atoms with van der Waals surface area (Å²) in [6, 6.07) is 18.3. The Balaban J connectivity index is 1.41. The lowest BCUT2D eigenvalue weighted by molar-refractivity contribution is -0.111. The molecular weight excluding hydrogens is 444 g/mol. The van der Waals surface area contributed by atoms with Crippen LogP contribution in [0.15, 0.2) is 66.7 Å². The molecule has 2 heterocycles. The van der Waals surface area contributed by atoms with Crippen LogP contribution in [-0.2, 0) is 4.79 Å². The molecule has 2 aromatic carbocycles. The molecule has 3 aromatic rings. The van der Waals surface area contributed by atoms with Gasteiger partial charge in [-0.3, -0.25) is 9.59 Å². The van der Waals surface area contributed by atoms with Gasteiger partial charge in [0.2, 0.25) is 17.7 Å². The van der Waals surface area contributed by atoms with E-state index in [0.29, 0.717) is 41.9 Å². The molecule has 1 aromatic heterocycles. The van der Waals surface area contributed by atoms with Crippen molar-refractivity contribution in [3.8, 4) is 11.8 Å². The molecule has 0 spiro atoms. The summed E-state index contributed by atoms with van der Waals surface area (Å²) in [6.07, 6.45) is 4.64. The number of nitrogens with one attached hydrogen (secondary N) is 1. The highest BCUT2D eigenvalue weighted by atomic mass is 16.5. The van der Waals surface area contributed by atoms with Crippen LogP contribution in [0, 0.1) is 0 Å². The number of aromatic nitrogens is 2. The first-order chi connectivity index (χ1) is 17.1. The van der Waals surface area contributed by atoms with Crippen molar-refractivity contribution < 1.29 is 19.1 Å². The minimum Gasteiger partial charge on any atom is -0.481 e. The number of anilines is 1. The van der Waals surface area contributed by atoms with Crippen molar-refractivity contribution in [2.24, 2.45) is 0 Å². The molecular formula is C27H28N4O4. The molecule has 0 radical (unpaired) electrons. The van der Waals surface area contributed by atoms with Crippen LogP contribution in [0.5, 0.6) is 11.8 Å². The summed E-state index contributed by atoms with van der Waals surface area (Å²) in [7, 11) is 3.11. The van der Waals surface area contributed by atoms with Crippen LogP contribution in [-0.4, -0.2) is 54.0 Å². The van der Waals surface area contributed by atoms with E-state index in [2.05, 4.69) is 15.3 Å². The number of carbonyl (C=O) groups excluding carboxylic acids is 2. The number of benzene rings is 2. The maximum absolute atomic E-state index is 13.3. The number of rotatable bonds is 7. The average Bonchev–Trinajstić information content (AvgIpc) is 2.92. The zero-order chi connectivity index (χ0) is 24.6. The molecule has 1 N–H and O–H groups in total. The zero-order valence-corrected chi connectivity index (χ0v) is 19.8. The summed E-state index contributed by atoms with van der Waals surface area (Å²) in [5, 5.41) is 2.84. The molecule has 180 valence electrons. The first-order valence-electron chi connectivity index (χ1n) is 11.5. The minimum absolute atomic E-state index is 0.0983. The van der Waals surface area contributed by atoms with E-state index in [-0.39, 0.29) is 17.7 Å². The van der Waals surface area contributed by atoms with Crippen LogP contribution in [0.3, 0.4) is 0 Å². The average molecular weight is 473 g/mol. The Morgan fingerprint density at radius 3 is 2.23 bits per heavy atom. The summed E-state index contributed by atoms with van der Waals surface area (Å²) in [5.41, 5.74) is 1.88. The predicted molar refractivity (Wildman–Crippen MR) is 134 cm³/mol. The van der Waals surface area contributed by atoms with E-state index in [1.807, 2.05) is 30.3 Å². The first-order valence-corrected chi connectivity index (χ1v) is 11.5. The monoisotopic (exact) mass is 472 g/mol. The quantitative estimate of drug-likeness (QED) is 0.519. The Morgan fingerprint density at radius 2 is 1.57 bits per heavy atom. The number of hydrogen-bond acceptors (Lipinski definition) is 6. The van der Waals surface area contributed by atoms with Crippen LogP contribution in [0.2, 0.25) is 0 Å². The van der Waals surface area contributed by atoms with Gasteiger partial charge < -0.3 is 19.7 Å². The number of hydrogen-bond donors (Lipinski definition) is 1. The molecule has 1 aliphatic rings. The molecule has 0 unspecified atom stereocenters. The van der Waals surface area contributed by atoms with E-state index in [9.17, 15) is 9.59 Å². The molecule has 0 saturated carbocycles. The lowest BCUT2D eigenvalue weighted by Gasteiger charge is -2.32. The Bertz CT molecular complexity index is 1180. The molecule has 8 heteroatoms. The highest BCUT2D eigenvalue weighted by molar-refractivity contribution is 6.07. The van der Waals surface area contributed by atoms with E-state index in [1.54, 1.807) is 55.5 Å². The molecule has 4 rings (SSSR count). The lowest BCUT2D eigenvalue weighted by atomic mass is 9.95. The van der Waals surface area contributed by atoms with E-state index < -0.39 is 0 Å². The van der Waals surface area contributed by atoms with Gasteiger partial charge in [-0.1, -0.05) is 42.5 Å². The van der Waals surface area contributed by atoms with Crippen molar-refractivity contribution >= 4 is 23.6 Å². The number of nitrogens with zero attached hydrogens (tertiary/aromatic N) is 3. The number of methoxy groups -OCH3 is 2. The van der Waals surface area contributed by atoms with Crippen molar-refractivity contribution in [2.75, 3.05) is 32.6 Å². The maximum atomic E-state index is 13.3. The smallest absolute Gasteiger partial charge is 0.255 e. The summed E-state index contributed by atoms with van der Waals surface area (Å²) >= 11 is 0. The van der Waals surface area contributed by atoms with E-state index >= 15 is 0 Å². The van der Waals surface area contributed by atoms with Gasteiger partial charge in [-0.2, -0.15) is 9.97 Å². The number of para-hydroxylation sites is 1. The second-order valence-corrected chi connectivity index (χ2v) is 8.16. The lowest BCUT2D eigenvalue weighted by Crippen LogP contribution is -2.38. The van der Waals surface area contributed by atoms with E-state index in [0.717, 1.165) is 18.4 Å². The normalized spacial score (nSPS) is 14.1. The fraction of sp³-hybridized carbons (Fsp3) is 0.259. The SMILES string of the molecule is COc1cc(OC)nc(C2CCN(C(=O)c3ccccc3NC(=O)/C=C/c3ccccc3)CC2)n1. The number of ether oxygens (including phenoxy) is 2. The van der Waals surface area contributed by atoms with Gasteiger partial charge in [0.15, 0.2) is 0 Å². The minimum atomic E-state index is -0.295. The Morgan fingerprint density at radius 1 is 0.943 bits per heavy atom. The summed E-state index contributed by atoms with van der Waals surface area (Å²) in [4.78, 5) is 36.5. The fourth-order valence-electron chi connectivity index (χ4n) is 4.01. The van der Waals surface area contributed by atoms with Gasteiger partial charge in [-0.15, -0.1) is 0 Å². The molecule has 0 aliphatic carbocycles. The van der Waals surface area contributed by atoms with Crippen LogP contribution in [0.25, 0.3) is 6.08 Å². The molecule has 0 bridgehead atoms. The molecule has 8 nitrogen and oxygen atoms in total. The molecule has 35 heavy (non-hydrogen) atoms. The van der Waals surface area contributed by atoms with Crippen LogP contribution >= 0.6 is 0 Å². The van der Waals surface area contributed by atoms with Crippen LogP contribution in [0.4, 0.5) is 5.69 Å². The molecule has 1 saturated heterocycles. The van der Waals surface area contributed by atoms with Gasteiger partial charge >= 0.3 is 0 Å². The van der Waals surface area contributed by atoms with Crippen molar-refractivity contribution in [1.29, 1.82) is 0 Å². The third-order valence-corrected chi connectivity index (χ3v) is 5.90. The van der Waals surface area contributed by atoms with Gasteiger partial charge in [0, 0.05) is 25.1 Å². The Labute approximate surface area is 204 Å². The molecule has 1 fully saturated rings. The second kappa shape index (κ2) is 11.3. The number of carbonyl (C=O) groups is 2. The highest BCUT2D eigenvalue weighted by Gasteiger charge is 2.28. The fourth-order valence-corrected chi connectivity index (χ4v) is 4.01. The van der Waals surface area contributed by atoms with Crippen LogP contribution in [0.1, 0.15) is 40.5 Å². The van der Waals surface area contributed by atoms with Crippen LogP contribution < -0.4 is 14.8 Å². The van der Waals surface area contributed by atoms with Gasteiger partial charge in [0.05, 0.1) is 31.5 Å². The standard InChI is InChI=1S/C27H28N4O4/c1-34-24-18-25(35-2)30-26(29-24)20-14-16-31(17-15-20)27(33)21-10-6-7-11-22(21)28-23(32)13-12-19-8-4-3-5-9-19/h3-13,18,20H,14-17H2,1-2H3,(H,28,32)/b13-12+. The Kier molecular flexibility index (Phi) is 7.72. The van der Waals surface area contributed by atoms with E-state index in [1.165, 1.54) is 6.08 Å². The number of amides is 2. The zero-order valence-electron chi connectivity index (χ0n) is 19.8. The highest BCUT2D eigenvalue weighted by Crippen LogP contribution is 2.30. The second-order valence-electron chi connectivity index (χ2n) is 8.16. The predicted octanol–water partition coefficient (Wildman–Crippen LogP) is 4.17. The molecule has 0 atom stereocenters. The first kappa shape index (κ1) is 23.9. The van der Waals surface area contributed by atoms with E-state index in [4.69, 9.17) is 9.47 Å². The largest absolute Gasteiger partial charge is 0.481 e. The third kappa shape index (κ3) is 6.03. The van der Waals surface area contributed by atoms with Gasteiger partial charge in [0.25, 0.3) is 5.91 Å². The van der Waals surface area contributed by atoms with Crippen molar-refractivity contribution in [1.82, 2.24) is 14.9 Å². The topological polar surface area (TPSA) is 93.7 Å². The summed E-state index contributed by atoms with van der Waals surface area (Å²) < 4.78 is 10.5. The maximum Gasteiger partial charge on any atom is 0.255 e. The summed E-state index contributed by atoms with van der Waals surface area (Å²) in [6.45, 7) is 1.12. The number of likely N-dealkylation sites (tertiary alicyclic amines) is 1. The third-order valence-electron chi connectivity index (χ3n) is 5.90. The van der Waals surface area contributed by atoms with Gasteiger partial charge in [-0.25, -0.2) is 0 Å². The van der Waals surface area contributed by atoms with Crippen molar-refractivity contribution in [3.63, 3.8) is 0 Å². The number of piperidine rings is 1. The van der Waals surface area contributed by atoms with Crippen molar-refractivity contribution in [3.05, 3.63) is 83.7 Å². The summed E-state index contributed by atoms with van der Waals surface area (Å²) in [5.74, 6) is 1.26. The van der Waals surface area contributed by atoms with Gasteiger partial charge in [-0.05, 0) is 36.6 Å². The Hall–Kier alpha value is -4.20. The van der Waals surface area contributed by atoms with Crippen molar-refractivity contribution in [2.45, 2.75) is 18.8 Å². The molecule has 2 amide bonds. The molecule has 1 aliphatic heterocycles. The van der Waals surface area contributed by atoms with Gasteiger partial charge in [0.1, 0.15) is 5.82 Å².